The molecule has 96 valence electrons. The normalized spacial score (nSPS) is 12.5. The Hall–Kier alpha value is -0.540. The first-order valence-electron chi connectivity index (χ1n) is 6.05. The standard InChI is InChI=1S/C14H22BrNO/c1-5-16(12(3)10-17-4)14-7-6-11(2)8-13(14)9-15/h6-8,12H,5,9-10H2,1-4H3. The maximum atomic E-state index is 5.25. The fourth-order valence-electron chi connectivity index (χ4n) is 2.15. The van der Waals surface area contributed by atoms with Crippen molar-refractivity contribution in [3.05, 3.63) is 29.3 Å². The molecule has 1 aromatic carbocycles. The lowest BCUT2D eigenvalue weighted by molar-refractivity contribution is 0.182. The van der Waals surface area contributed by atoms with Crippen molar-refractivity contribution < 1.29 is 4.74 Å². The van der Waals surface area contributed by atoms with Crippen LogP contribution in [0, 0.1) is 6.92 Å². The van der Waals surface area contributed by atoms with Gasteiger partial charge in [0, 0.05) is 30.7 Å². The molecule has 17 heavy (non-hydrogen) atoms. The third kappa shape index (κ3) is 3.71. The van der Waals surface area contributed by atoms with Gasteiger partial charge in [-0.05, 0) is 32.4 Å². The topological polar surface area (TPSA) is 12.5 Å². The molecule has 0 aliphatic carbocycles. The number of benzene rings is 1. The Bertz CT molecular complexity index is 354. The quantitative estimate of drug-likeness (QED) is 0.742. The second-order valence-electron chi connectivity index (χ2n) is 4.36. The molecule has 0 aliphatic heterocycles. The van der Waals surface area contributed by atoms with Crippen molar-refractivity contribution in [3.63, 3.8) is 0 Å². The number of nitrogens with zero attached hydrogens (tertiary/aromatic N) is 1. The largest absolute Gasteiger partial charge is 0.383 e. The van der Waals surface area contributed by atoms with E-state index in [9.17, 15) is 0 Å². The van der Waals surface area contributed by atoms with Crippen molar-refractivity contribution in [2.75, 3.05) is 25.2 Å². The van der Waals surface area contributed by atoms with Gasteiger partial charge in [0.05, 0.1) is 6.61 Å². The predicted octanol–water partition coefficient (Wildman–Crippen LogP) is 3.75. The van der Waals surface area contributed by atoms with Crippen molar-refractivity contribution in [1.29, 1.82) is 0 Å². The van der Waals surface area contributed by atoms with E-state index >= 15 is 0 Å². The van der Waals surface area contributed by atoms with Crippen LogP contribution < -0.4 is 4.90 Å². The average Bonchev–Trinajstić information content (AvgIpc) is 2.32. The highest BCUT2D eigenvalue weighted by Gasteiger charge is 2.15. The van der Waals surface area contributed by atoms with Crippen LogP contribution >= 0.6 is 15.9 Å². The Balaban J connectivity index is 3.02. The van der Waals surface area contributed by atoms with E-state index in [4.69, 9.17) is 4.74 Å². The molecule has 0 radical (unpaired) electrons. The summed E-state index contributed by atoms with van der Waals surface area (Å²) in [4.78, 5) is 2.39. The summed E-state index contributed by atoms with van der Waals surface area (Å²) < 4.78 is 5.25. The fraction of sp³-hybridized carbons (Fsp3) is 0.571. The second-order valence-corrected chi connectivity index (χ2v) is 4.92. The van der Waals surface area contributed by atoms with E-state index in [1.54, 1.807) is 7.11 Å². The summed E-state index contributed by atoms with van der Waals surface area (Å²) in [6, 6.07) is 7.02. The molecule has 1 aromatic rings. The van der Waals surface area contributed by atoms with Gasteiger partial charge in [-0.25, -0.2) is 0 Å². The van der Waals surface area contributed by atoms with Gasteiger partial charge in [0.2, 0.25) is 0 Å². The zero-order valence-electron chi connectivity index (χ0n) is 11.2. The summed E-state index contributed by atoms with van der Waals surface area (Å²) in [7, 11) is 1.75. The summed E-state index contributed by atoms with van der Waals surface area (Å²) >= 11 is 3.57. The van der Waals surface area contributed by atoms with Crippen molar-refractivity contribution in [3.8, 4) is 0 Å². The Labute approximate surface area is 113 Å². The van der Waals surface area contributed by atoms with Crippen LogP contribution in [-0.2, 0) is 10.1 Å². The molecule has 1 rings (SSSR count). The number of methoxy groups -OCH3 is 1. The number of likely N-dealkylation sites (N-methyl/N-ethyl adjacent to an activating group) is 1. The van der Waals surface area contributed by atoms with Crippen molar-refractivity contribution in [1.82, 2.24) is 0 Å². The maximum absolute atomic E-state index is 5.25. The van der Waals surface area contributed by atoms with Gasteiger partial charge in [-0.2, -0.15) is 0 Å². The highest BCUT2D eigenvalue weighted by atomic mass is 79.9. The number of halogens is 1. The van der Waals surface area contributed by atoms with Gasteiger partial charge < -0.3 is 9.64 Å². The van der Waals surface area contributed by atoms with E-state index in [1.165, 1.54) is 16.8 Å². The van der Waals surface area contributed by atoms with E-state index in [1.807, 2.05) is 0 Å². The number of ether oxygens (including phenoxy) is 1. The summed E-state index contributed by atoms with van der Waals surface area (Å²) in [6.07, 6.45) is 0. The lowest BCUT2D eigenvalue weighted by atomic mass is 10.1. The molecule has 0 saturated carbocycles. The number of hydrogen-bond donors (Lipinski definition) is 0. The minimum Gasteiger partial charge on any atom is -0.383 e. The number of anilines is 1. The first kappa shape index (κ1) is 14.5. The van der Waals surface area contributed by atoms with Gasteiger partial charge in [0.15, 0.2) is 0 Å². The molecular weight excluding hydrogens is 278 g/mol. The van der Waals surface area contributed by atoms with Crippen LogP contribution in [-0.4, -0.2) is 26.3 Å². The van der Waals surface area contributed by atoms with E-state index < -0.39 is 0 Å². The van der Waals surface area contributed by atoms with Crippen LogP contribution in [0.5, 0.6) is 0 Å². The minimum atomic E-state index is 0.394. The van der Waals surface area contributed by atoms with Crippen molar-refractivity contribution in [2.45, 2.75) is 32.1 Å². The molecule has 0 bridgehead atoms. The van der Waals surface area contributed by atoms with Gasteiger partial charge in [-0.15, -0.1) is 0 Å². The fourth-order valence-corrected chi connectivity index (χ4v) is 2.60. The van der Waals surface area contributed by atoms with Gasteiger partial charge in [0.1, 0.15) is 0 Å². The van der Waals surface area contributed by atoms with Gasteiger partial charge in [0.25, 0.3) is 0 Å². The van der Waals surface area contributed by atoms with Crippen LogP contribution in [0.25, 0.3) is 0 Å². The molecule has 1 atom stereocenters. The molecule has 0 aliphatic rings. The Kier molecular flexibility index (Phi) is 6.00. The van der Waals surface area contributed by atoms with Gasteiger partial charge in [-0.1, -0.05) is 33.6 Å². The molecule has 0 spiro atoms. The summed E-state index contributed by atoms with van der Waals surface area (Å²) in [5.74, 6) is 0. The first-order chi connectivity index (χ1) is 8.13. The lowest BCUT2D eigenvalue weighted by Gasteiger charge is -2.31. The lowest BCUT2D eigenvalue weighted by Crippen LogP contribution is -2.36. The van der Waals surface area contributed by atoms with Crippen LogP contribution in [0.4, 0.5) is 5.69 Å². The zero-order valence-corrected chi connectivity index (χ0v) is 12.8. The minimum absolute atomic E-state index is 0.394. The molecule has 0 fully saturated rings. The Morgan fingerprint density at radius 1 is 1.41 bits per heavy atom. The predicted molar refractivity (Wildman–Crippen MR) is 78.2 cm³/mol. The average molecular weight is 300 g/mol. The molecule has 3 heteroatoms. The number of rotatable bonds is 6. The molecule has 1 unspecified atom stereocenters. The van der Waals surface area contributed by atoms with Gasteiger partial charge >= 0.3 is 0 Å². The third-order valence-corrected chi connectivity index (χ3v) is 3.57. The smallest absolute Gasteiger partial charge is 0.0663 e. The number of hydrogen-bond acceptors (Lipinski definition) is 2. The van der Waals surface area contributed by atoms with Crippen LogP contribution in [0.1, 0.15) is 25.0 Å². The molecule has 0 heterocycles. The maximum Gasteiger partial charge on any atom is 0.0663 e. The second kappa shape index (κ2) is 7.02. The molecule has 0 saturated heterocycles. The molecular formula is C14H22BrNO. The first-order valence-corrected chi connectivity index (χ1v) is 7.17. The molecule has 0 aromatic heterocycles. The zero-order chi connectivity index (χ0) is 12.8. The monoisotopic (exact) mass is 299 g/mol. The highest BCUT2D eigenvalue weighted by molar-refractivity contribution is 9.08. The third-order valence-electron chi connectivity index (χ3n) is 2.97. The number of aryl methyl sites for hydroxylation is 1. The van der Waals surface area contributed by atoms with E-state index in [2.05, 4.69) is 59.8 Å². The van der Waals surface area contributed by atoms with Crippen molar-refractivity contribution in [2.24, 2.45) is 0 Å². The summed E-state index contributed by atoms with van der Waals surface area (Å²) in [6.45, 7) is 8.26. The van der Waals surface area contributed by atoms with Gasteiger partial charge in [-0.3, -0.25) is 0 Å². The van der Waals surface area contributed by atoms with E-state index in [0.717, 1.165) is 18.5 Å². The van der Waals surface area contributed by atoms with Crippen molar-refractivity contribution >= 4 is 21.6 Å². The molecule has 2 nitrogen and oxygen atoms in total. The summed E-state index contributed by atoms with van der Waals surface area (Å²) in [5.41, 5.74) is 3.95. The van der Waals surface area contributed by atoms with Crippen LogP contribution in [0.2, 0.25) is 0 Å². The Morgan fingerprint density at radius 3 is 2.65 bits per heavy atom. The van der Waals surface area contributed by atoms with E-state index in [-0.39, 0.29) is 0 Å². The van der Waals surface area contributed by atoms with Crippen LogP contribution in [0.15, 0.2) is 18.2 Å². The SMILES string of the molecule is CCN(c1ccc(C)cc1CBr)C(C)COC. The highest BCUT2D eigenvalue weighted by Crippen LogP contribution is 2.25. The van der Waals surface area contributed by atoms with Crippen LogP contribution in [0.3, 0.4) is 0 Å². The summed E-state index contributed by atoms with van der Waals surface area (Å²) in [5, 5.41) is 0.889. The molecule has 0 N–H and O–H groups in total. The Morgan fingerprint density at radius 2 is 2.12 bits per heavy atom. The molecule has 0 amide bonds. The van der Waals surface area contributed by atoms with E-state index in [0.29, 0.717) is 6.04 Å². The number of alkyl halides is 1.